The monoisotopic (exact) mass is 844 g/mol. The summed E-state index contributed by atoms with van der Waals surface area (Å²) in [5, 5.41) is 12.7. The first-order valence-corrected chi connectivity index (χ1v) is 23.1. The van der Waals surface area contributed by atoms with Gasteiger partial charge in [0.2, 0.25) is 0 Å². The SMILES string of the molecule is c1ccc(-n2c3ccccc3c3cc(-n4c5ccccc5c5cc6c(cc54)sc4cc5c(cc46)c4ccccc4n5-c4ccc5c(c4)c4ccccc4n5-c4ccccc4)ccc32)cc1. The molecule has 10 aromatic carbocycles. The zero-order chi connectivity index (χ0) is 42.3. The lowest BCUT2D eigenvalue weighted by Gasteiger charge is -2.10. The van der Waals surface area contributed by atoms with Crippen LogP contribution in [0.2, 0.25) is 0 Å². The minimum absolute atomic E-state index is 1.16. The summed E-state index contributed by atoms with van der Waals surface area (Å²) in [4.78, 5) is 0. The number of aromatic nitrogens is 4. The van der Waals surface area contributed by atoms with E-state index in [1.807, 2.05) is 11.3 Å². The van der Waals surface area contributed by atoms with Gasteiger partial charge in [-0.05, 0) is 109 Å². The number of hydrogen-bond donors (Lipinski definition) is 0. The van der Waals surface area contributed by atoms with E-state index in [-0.39, 0.29) is 0 Å². The molecule has 0 bridgehead atoms. The zero-order valence-electron chi connectivity index (χ0n) is 35.0. The molecule has 0 unspecified atom stereocenters. The first-order valence-electron chi connectivity index (χ1n) is 22.3. The van der Waals surface area contributed by atoms with E-state index in [0.29, 0.717) is 0 Å². The Morgan fingerprint density at radius 3 is 0.892 bits per heavy atom. The van der Waals surface area contributed by atoms with Crippen molar-refractivity contribution in [2.45, 2.75) is 0 Å². The number of hydrogen-bond acceptors (Lipinski definition) is 1. The Morgan fingerprint density at radius 1 is 0.200 bits per heavy atom. The zero-order valence-corrected chi connectivity index (χ0v) is 35.8. The largest absolute Gasteiger partial charge is 0.309 e. The highest BCUT2D eigenvalue weighted by Crippen LogP contribution is 2.45. The van der Waals surface area contributed by atoms with Crippen LogP contribution in [0.15, 0.2) is 218 Å². The molecule has 0 aliphatic heterocycles. The van der Waals surface area contributed by atoms with Crippen molar-refractivity contribution >= 4 is 119 Å². The Labute approximate surface area is 376 Å². The topological polar surface area (TPSA) is 19.7 Å². The second-order valence-electron chi connectivity index (χ2n) is 17.3. The van der Waals surface area contributed by atoms with E-state index in [9.17, 15) is 0 Å². The molecule has 5 aromatic heterocycles. The maximum absolute atomic E-state index is 2.48. The van der Waals surface area contributed by atoms with Gasteiger partial charge in [0.25, 0.3) is 0 Å². The van der Waals surface area contributed by atoms with Gasteiger partial charge in [0.1, 0.15) is 0 Å². The van der Waals surface area contributed by atoms with Crippen LogP contribution in [0.3, 0.4) is 0 Å². The van der Waals surface area contributed by atoms with Gasteiger partial charge in [-0.1, -0.05) is 109 Å². The fourth-order valence-corrected chi connectivity index (χ4v) is 12.3. The summed E-state index contributed by atoms with van der Waals surface area (Å²) in [6.07, 6.45) is 0. The molecule has 5 heteroatoms. The molecule has 302 valence electrons. The molecule has 0 atom stereocenters. The normalized spacial score (nSPS) is 12.3. The van der Waals surface area contributed by atoms with Gasteiger partial charge in [-0.15, -0.1) is 11.3 Å². The van der Waals surface area contributed by atoms with Crippen LogP contribution in [0.1, 0.15) is 0 Å². The molecule has 15 rings (SSSR count). The van der Waals surface area contributed by atoms with Crippen LogP contribution >= 0.6 is 11.3 Å². The molecule has 0 aliphatic rings. The van der Waals surface area contributed by atoms with Gasteiger partial charge < -0.3 is 18.3 Å². The van der Waals surface area contributed by atoms with E-state index in [1.54, 1.807) is 0 Å². The van der Waals surface area contributed by atoms with Crippen molar-refractivity contribution in [3.8, 4) is 22.7 Å². The fraction of sp³-hybridized carbons (Fsp3) is 0. The van der Waals surface area contributed by atoms with Crippen molar-refractivity contribution in [1.82, 2.24) is 18.3 Å². The molecule has 5 heterocycles. The van der Waals surface area contributed by atoms with Crippen molar-refractivity contribution in [3.63, 3.8) is 0 Å². The van der Waals surface area contributed by atoms with E-state index in [1.165, 1.54) is 119 Å². The van der Waals surface area contributed by atoms with Crippen molar-refractivity contribution in [2.24, 2.45) is 0 Å². The third-order valence-corrected chi connectivity index (χ3v) is 15.0. The molecule has 0 N–H and O–H groups in total. The molecule has 0 radical (unpaired) electrons. The Hall–Kier alpha value is -8.38. The predicted octanol–water partition coefficient (Wildman–Crippen LogP) is 16.4. The highest BCUT2D eigenvalue weighted by atomic mass is 32.1. The quantitative estimate of drug-likeness (QED) is 0.168. The summed E-state index contributed by atoms with van der Waals surface area (Å²) < 4.78 is 12.3. The molecule has 0 fully saturated rings. The first-order chi connectivity index (χ1) is 32.2. The third kappa shape index (κ3) is 4.85. The van der Waals surface area contributed by atoms with E-state index in [0.717, 1.165) is 11.4 Å². The van der Waals surface area contributed by atoms with E-state index in [4.69, 9.17) is 0 Å². The molecule has 0 saturated carbocycles. The lowest BCUT2D eigenvalue weighted by molar-refractivity contribution is 1.17. The maximum Gasteiger partial charge on any atom is 0.0555 e. The number of thiophene rings is 1. The first kappa shape index (κ1) is 35.1. The Balaban J connectivity index is 0.949. The Bertz CT molecular complexity index is 4180. The summed E-state index contributed by atoms with van der Waals surface area (Å²) in [5.74, 6) is 0. The van der Waals surface area contributed by atoms with Crippen LogP contribution in [-0.4, -0.2) is 18.3 Å². The van der Waals surface area contributed by atoms with Gasteiger partial charge >= 0.3 is 0 Å². The van der Waals surface area contributed by atoms with Gasteiger partial charge in [-0.3, -0.25) is 0 Å². The second kappa shape index (κ2) is 13.1. The summed E-state index contributed by atoms with van der Waals surface area (Å²) in [5.41, 5.74) is 14.4. The maximum atomic E-state index is 2.48. The van der Waals surface area contributed by atoms with E-state index >= 15 is 0 Å². The van der Waals surface area contributed by atoms with Crippen LogP contribution in [0, 0.1) is 0 Å². The van der Waals surface area contributed by atoms with E-state index < -0.39 is 0 Å². The molecular formula is C60H36N4S. The van der Waals surface area contributed by atoms with Crippen molar-refractivity contribution in [1.29, 1.82) is 0 Å². The minimum atomic E-state index is 1.16. The number of benzene rings is 10. The molecule has 0 saturated heterocycles. The average Bonchev–Trinajstić information content (AvgIpc) is 4.15. The van der Waals surface area contributed by atoms with Crippen molar-refractivity contribution in [3.05, 3.63) is 218 Å². The molecule has 0 aliphatic carbocycles. The molecule has 65 heavy (non-hydrogen) atoms. The van der Waals surface area contributed by atoms with Gasteiger partial charge in [0.05, 0.1) is 44.1 Å². The average molecular weight is 845 g/mol. The summed E-state index contributed by atoms with van der Waals surface area (Å²) in [6.45, 7) is 0. The highest BCUT2D eigenvalue weighted by Gasteiger charge is 2.21. The van der Waals surface area contributed by atoms with Crippen LogP contribution in [0.25, 0.3) is 130 Å². The summed E-state index contributed by atoms with van der Waals surface area (Å²) >= 11 is 1.90. The molecule has 0 amide bonds. The van der Waals surface area contributed by atoms with Crippen molar-refractivity contribution < 1.29 is 0 Å². The highest BCUT2D eigenvalue weighted by molar-refractivity contribution is 7.26. The summed E-state index contributed by atoms with van der Waals surface area (Å²) in [6, 6.07) is 80.6. The van der Waals surface area contributed by atoms with E-state index in [2.05, 4.69) is 237 Å². The van der Waals surface area contributed by atoms with Gasteiger partial charge in [0.15, 0.2) is 0 Å². The number of fused-ring (bicyclic) bond motifs is 15. The fourth-order valence-electron chi connectivity index (χ4n) is 11.2. The van der Waals surface area contributed by atoms with Gasteiger partial charge in [0, 0.05) is 86.0 Å². The molecule has 15 aromatic rings. The standard InChI is InChI=1S/C60H36N4S/c1-3-15-37(16-4-1)61-51-23-11-7-19-41(51)45-31-39(27-29-55(45)61)63-53-25-13-9-21-43(53)47-33-49-50-34-48-44-22-10-14-26-54(44)64(58(48)36-60(50)65-59(49)35-57(47)63)40-28-30-56-46(32-40)42-20-8-12-24-52(42)62(56)38-17-5-2-6-18-38/h1-36H. The second-order valence-corrected chi connectivity index (χ2v) is 18.4. The Kier molecular flexibility index (Phi) is 7.07. The lowest BCUT2D eigenvalue weighted by Crippen LogP contribution is -1.95. The molecule has 0 spiro atoms. The van der Waals surface area contributed by atoms with Crippen LogP contribution in [0.4, 0.5) is 0 Å². The summed E-state index contributed by atoms with van der Waals surface area (Å²) in [7, 11) is 0. The van der Waals surface area contributed by atoms with Crippen LogP contribution < -0.4 is 0 Å². The molecular weight excluding hydrogens is 809 g/mol. The minimum Gasteiger partial charge on any atom is -0.309 e. The predicted molar refractivity (Wildman–Crippen MR) is 277 cm³/mol. The smallest absolute Gasteiger partial charge is 0.0555 e. The molecule has 4 nitrogen and oxygen atoms in total. The van der Waals surface area contributed by atoms with Gasteiger partial charge in [-0.25, -0.2) is 0 Å². The van der Waals surface area contributed by atoms with Crippen LogP contribution in [0.5, 0.6) is 0 Å². The number of para-hydroxylation sites is 6. The van der Waals surface area contributed by atoms with Gasteiger partial charge in [-0.2, -0.15) is 0 Å². The number of nitrogens with zero attached hydrogens (tertiary/aromatic N) is 4. The van der Waals surface area contributed by atoms with Crippen molar-refractivity contribution in [2.75, 3.05) is 0 Å². The Morgan fingerprint density at radius 2 is 0.508 bits per heavy atom. The third-order valence-electron chi connectivity index (χ3n) is 13.9. The van der Waals surface area contributed by atoms with Crippen LogP contribution in [-0.2, 0) is 0 Å². The number of rotatable bonds is 4. The lowest BCUT2D eigenvalue weighted by atomic mass is 10.1.